The lowest BCUT2D eigenvalue weighted by molar-refractivity contribution is 0.537. The molecular formula is C17H26N2. The zero-order valence-electron chi connectivity index (χ0n) is 12.6. The van der Waals surface area contributed by atoms with Crippen LogP contribution in [0.3, 0.4) is 0 Å². The highest BCUT2D eigenvalue weighted by Gasteiger charge is 2.09. The lowest BCUT2D eigenvalue weighted by atomic mass is 10.1. The van der Waals surface area contributed by atoms with Gasteiger partial charge in [-0.05, 0) is 44.4 Å². The predicted octanol–water partition coefficient (Wildman–Crippen LogP) is 4.36. The Morgan fingerprint density at radius 2 is 1.84 bits per heavy atom. The van der Waals surface area contributed by atoms with Crippen molar-refractivity contribution in [1.82, 2.24) is 9.88 Å². The van der Waals surface area contributed by atoms with E-state index in [1.165, 1.54) is 22.9 Å². The van der Waals surface area contributed by atoms with Gasteiger partial charge >= 0.3 is 0 Å². The highest BCUT2D eigenvalue weighted by atomic mass is 15.0. The minimum Gasteiger partial charge on any atom is -0.345 e. The molecule has 0 aliphatic heterocycles. The Kier molecular flexibility index (Phi) is 4.65. The van der Waals surface area contributed by atoms with Crippen LogP contribution in [0, 0.1) is 5.92 Å². The van der Waals surface area contributed by atoms with Gasteiger partial charge in [0.15, 0.2) is 0 Å². The zero-order valence-corrected chi connectivity index (χ0v) is 12.6. The van der Waals surface area contributed by atoms with E-state index in [0.29, 0.717) is 6.04 Å². The number of aromatic nitrogens is 1. The van der Waals surface area contributed by atoms with Crippen LogP contribution in [0.4, 0.5) is 0 Å². The van der Waals surface area contributed by atoms with Gasteiger partial charge in [0.25, 0.3) is 0 Å². The molecule has 0 fully saturated rings. The molecule has 2 aromatic rings. The number of para-hydroxylation sites is 1. The molecule has 1 aromatic carbocycles. The van der Waals surface area contributed by atoms with Crippen LogP contribution in [0.2, 0.25) is 0 Å². The van der Waals surface area contributed by atoms with Crippen molar-refractivity contribution in [3.8, 4) is 0 Å². The molecule has 2 heteroatoms. The maximum atomic E-state index is 3.56. The van der Waals surface area contributed by atoms with Gasteiger partial charge in [0.2, 0.25) is 0 Å². The van der Waals surface area contributed by atoms with Crippen molar-refractivity contribution in [2.75, 3.05) is 6.54 Å². The van der Waals surface area contributed by atoms with Crippen molar-refractivity contribution >= 4 is 10.9 Å². The average molecular weight is 258 g/mol. The number of rotatable bonds is 6. The van der Waals surface area contributed by atoms with Crippen molar-refractivity contribution < 1.29 is 0 Å². The van der Waals surface area contributed by atoms with Crippen LogP contribution in [0.25, 0.3) is 10.9 Å². The molecule has 0 aliphatic carbocycles. The van der Waals surface area contributed by atoms with Crippen molar-refractivity contribution in [3.63, 3.8) is 0 Å². The largest absolute Gasteiger partial charge is 0.345 e. The Hall–Kier alpha value is -1.28. The van der Waals surface area contributed by atoms with Crippen LogP contribution in [-0.2, 0) is 6.54 Å². The van der Waals surface area contributed by atoms with Gasteiger partial charge in [-0.15, -0.1) is 0 Å². The summed E-state index contributed by atoms with van der Waals surface area (Å²) >= 11 is 0. The highest BCUT2D eigenvalue weighted by molar-refractivity contribution is 5.84. The molecule has 0 bridgehead atoms. The van der Waals surface area contributed by atoms with Crippen LogP contribution >= 0.6 is 0 Å². The smallest absolute Gasteiger partial charge is 0.0486 e. The van der Waals surface area contributed by atoms with E-state index in [2.05, 4.69) is 68.0 Å². The standard InChI is InChI=1S/C17H26N2/c1-13(2)9-10-18-11-15-12-19(14(3)4)17-8-6-5-7-16(15)17/h5-8,12-14,18H,9-11H2,1-4H3. The third kappa shape index (κ3) is 3.38. The molecule has 1 N–H and O–H groups in total. The van der Waals surface area contributed by atoms with E-state index < -0.39 is 0 Å². The summed E-state index contributed by atoms with van der Waals surface area (Å²) in [5.41, 5.74) is 2.76. The molecule has 0 radical (unpaired) electrons. The Balaban J connectivity index is 2.14. The first kappa shape index (κ1) is 14.1. The van der Waals surface area contributed by atoms with E-state index >= 15 is 0 Å². The summed E-state index contributed by atoms with van der Waals surface area (Å²) in [6.07, 6.45) is 3.54. The maximum Gasteiger partial charge on any atom is 0.0486 e. The Labute approximate surface area is 116 Å². The SMILES string of the molecule is CC(C)CCNCc1cn(C(C)C)c2ccccc12. The van der Waals surface area contributed by atoms with E-state index in [9.17, 15) is 0 Å². The molecule has 0 spiro atoms. The number of benzene rings is 1. The summed E-state index contributed by atoms with van der Waals surface area (Å²) in [5.74, 6) is 0.768. The van der Waals surface area contributed by atoms with Gasteiger partial charge in [0, 0.05) is 29.7 Å². The van der Waals surface area contributed by atoms with E-state index in [-0.39, 0.29) is 0 Å². The first-order valence-corrected chi connectivity index (χ1v) is 7.38. The summed E-state index contributed by atoms with van der Waals surface area (Å²) in [6, 6.07) is 9.21. The lowest BCUT2D eigenvalue weighted by Crippen LogP contribution is -2.16. The van der Waals surface area contributed by atoms with Crippen molar-refractivity contribution in [2.24, 2.45) is 5.92 Å². The van der Waals surface area contributed by atoms with Gasteiger partial charge in [0.05, 0.1) is 0 Å². The van der Waals surface area contributed by atoms with Crippen molar-refractivity contribution in [1.29, 1.82) is 0 Å². The molecule has 0 amide bonds. The van der Waals surface area contributed by atoms with Gasteiger partial charge in [-0.3, -0.25) is 0 Å². The summed E-state index contributed by atoms with van der Waals surface area (Å²) in [4.78, 5) is 0. The van der Waals surface area contributed by atoms with Crippen molar-refractivity contribution in [2.45, 2.75) is 46.7 Å². The molecule has 2 nitrogen and oxygen atoms in total. The third-order valence-corrected chi connectivity index (χ3v) is 3.59. The first-order valence-electron chi connectivity index (χ1n) is 7.38. The molecule has 0 saturated carbocycles. The molecule has 1 heterocycles. The summed E-state index contributed by atoms with van der Waals surface area (Å²) < 4.78 is 2.37. The Morgan fingerprint density at radius 1 is 1.11 bits per heavy atom. The molecule has 0 saturated heterocycles. The second-order valence-corrected chi connectivity index (χ2v) is 6.03. The normalized spacial score (nSPS) is 11.9. The van der Waals surface area contributed by atoms with Gasteiger partial charge < -0.3 is 9.88 Å². The van der Waals surface area contributed by atoms with Crippen molar-refractivity contribution in [3.05, 3.63) is 36.0 Å². The van der Waals surface area contributed by atoms with Gasteiger partial charge in [0.1, 0.15) is 0 Å². The first-order chi connectivity index (χ1) is 9.09. The number of hydrogen-bond acceptors (Lipinski definition) is 1. The molecule has 2 rings (SSSR count). The number of fused-ring (bicyclic) bond motifs is 1. The number of hydrogen-bond donors (Lipinski definition) is 1. The molecule has 19 heavy (non-hydrogen) atoms. The monoisotopic (exact) mass is 258 g/mol. The summed E-state index contributed by atoms with van der Waals surface area (Å²) in [7, 11) is 0. The molecular weight excluding hydrogens is 232 g/mol. The Morgan fingerprint density at radius 3 is 2.53 bits per heavy atom. The fourth-order valence-corrected chi connectivity index (χ4v) is 2.46. The molecule has 0 atom stereocenters. The van der Waals surface area contributed by atoms with Crippen LogP contribution in [0.15, 0.2) is 30.5 Å². The maximum absolute atomic E-state index is 3.56. The number of nitrogens with one attached hydrogen (secondary N) is 1. The van der Waals surface area contributed by atoms with Crippen LogP contribution in [0.1, 0.15) is 45.7 Å². The van der Waals surface area contributed by atoms with E-state index in [1.54, 1.807) is 0 Å². The number of nitrogens with zero attached hydrogens (tertiary/aromatic N) is 1. The van der Waals surface area contributed by atoms with Gasteiger partial charge in [-0.2, -0.15) is 0 Å². The van der Waals surface area contributed by atoms with Crippen LogP contribution < -0.4 is 5.32 Å². The lowest BCUT2D eigenvalue weighted by Gasteiger charge is -2.08. The molecule has 1 aromatic heterocycles. The predicted molar refractivity (Wildman–Crippen MR) is 83.5 cm³/mol. The van der Waals surface area contributed by atoms with Gasteiger partial charge in [-0.25, -0.2) is 0 Å². The zero-order chi connectivity index (χ0) is 13.8. The summed E-state index contributed by atoms with van der Waals surface area (Å²) in [5, 5.41) is 4.95. The molecule has 104 valence electrons. The highest BCUT2D eigenvalue weighted by Crippen LogP contribution is 2.24. The quantitative estimate of drug-likeness (QED) is 0.762. The fourth-order valence-electron chi connectivity index (χ4n) is 2.46. The summed E-state index contributed by atoms with van der Waals surface area (Å²) in [6.45, 7) is 11.1. The van der Waals surface area contributed by atoms with E-state index in [1.807, 2.05) is 0 Å². The molecule has 0 aliphatic rings. The second kappa shape index (κ2) is 6.25. The fraction of sp³-hybridized carbons (Fsp3) is 0.529. The van der Waals surface area contributed by atoms with E-state index in [4.69, 9.17) is 0 Å². The van der Waals surface area contributed by atoms with Crippen LogP contribution in [0.5, 0.6) is 0 Å². The van der Waals surface area contributed by atoms with Gasteiger partial charge in [-0.1, -0.05) is 32.0 Å². The van der Waals surface area contributed by atoms with Crippen LogP contribution in [-0.4, -0.2) is 11.1 Å². The second-order valence-electron chi connectivity index (χ2n) is 6.03. The topological polar surface area (TPSA) is 17.0 Å². The average Bonchev–Trinajstić information content (AvgIpc) is 2.74. The molecule has 0 unspecified atom stereocenters. The minimum atomic E-state index is 0.509. The minimum absolute atomic E-state index is 0.509. The third-order valence-electron chi connectivity index (χ3n) is 3.59. The van der Waals surface area contributed by atoms with E-state index in [0.717, 1.165) is 19.0 Å². The Bertz CT molecular complexity index is 523.